The molecule has 2 aliphatic rings. The summed E-state index contributed by atoms with van der Waals surface area (Å²) in [5, 5.41) is 0. The SMILES string of the molecule is C[C@@H]1C(=O)N2CCC[C@@H]2CN1C(=O)CCc1ccc(F)c(F)c1. The maximum Gasteiger partial charge on any atom is 0.245 e. The van der Waals surface area contributed by atoms with Gasteiger partial charge in [0.05, 0.1) is 0 Å². The van der Waals surface area contributed by atoms with Gasteiger partial charge >= 0.3 is 0 Å². The first-order chi connectivity index (χ1) is 11.0. The number of halogens is 2. The Labute approximate surface area is 134 Å². The first-order valence-electron chi connectivity index (χ1n) is 8.01. The van der Waals surface area contributed by atoms with Crippen molar-refractivity contribution in [3.63, 3.8) is 0 Å². The lowest BCUT2D eigenvalue weighted by molar-refractivity contribution is -0.152. The highest BCUT2D eigenvalue weighted by molar-refractivity contribution is 5.89. The molecule has 0 bridgehead atoms. The molecule has 124 valence electrons. The summed E-state index contributed by atoms with van der Waals surface area (Å²) in [6, 6.07) is 3.35. The number of piperazine rings is 1. The fraction of sp³-hybridized carbons (Fsp3) is 0.529. The highest BCUT2D eigenvalue weighted by Crippen LogP contribution is 2.26. The third-order valence-electron chi connectivity index (χ3n) is 4.82. The van der Waals surface area contributed by atoms with Gasteiger partial charge in [-0.2, -0.15) is 0 Å². The van der Waals surface area contributed by atoms with Gasteiger partial charge in [0.2, 0.25) is 11.8 Å². The van der Waals surface area contributed by atoms with Crippen molar-refractivity contribution < 1.29 is 18.4 Å². The highest BCUT2D eigenvalue weighted by Gasteiger charge is 2.41. The van der Waals surface area contributed by atoms with Crippen LogP contribution >= 0.6 is 0 Å². The minimum atomic E-state index is -0.905. The average Bonchev–Trinajstić information content (AvgIpc) is 3.00. The Balaban J connectivity index is 1.63. The van der Waals surface area contributed by atoms with E-state index in [0.717, 1.165) is 31.5 Å². The molecule has 1 aromatic carbocycles. The largest absolute Gasteiger partial charge is 0.336 e. The van der Waals surface area contributed by atoms with Crippen LogP contribution in [0.25, 0.3) is 0 Å². The summed E-state index contributed by atoms with van der Waals surface area (Å²) in [5.74, 6) is -1.89. The van der Waals surface area contributed by atoms with Crippen LogP contribution < -0.4 is 0 Å². The number of hydrogen-bond donors (Lipinski definition) is 0. The number of rotatable bonds is 3. The molecule has 0 radical (unpaired) electrons. The Hall–Kier alpha value is -1.98. The van der Waals surface area contributed by atoms with Gasteiger partial charge in [-0.3, -0.25) is 9.59 Å². The van der Waals surface area contributed by atoms with E-state index < -0.39 is 17.7 Å². The summed E-state index contributed by atoms with van der Waals surface area (Å²) < 4.78 is 26.1. The molecule has 6 heteroatoms. The molecule has 2 saturated heterocycles. The average molecular weight is 322 g/mol. The van der Waals surface area contributed by atoms with E-state index >= 15 is 0 Å². The minimum Gasteiger partial charge on any atom is -0.336 e. The molecule has 0 aromatic heterocycles. The third kappa shape index (κ3) is 3.07. The predicted molar refractivity (Wildman–Crippen MR) is 80.6 cm³/mol. The standard InChI is InChI=1S/C17H20F2N2O2/c1-11-17(23)20-8-2-3-13(20)10-21(11)16(22)7-5-12-4-6-14(18)15(19)9-12/h4,6,9,11,13H,2-3,5,7-8,10H2,1H3/t11-,13-/m1/s1. The fourth-order valence-corrected chi connectivity index (χ4v) is 3.48. The Bertz CT molecular complexity index is 635. The monoisotopic (exact) mass is 322 g/mol. The summed E-state index contributed by atoms with van der Waals surface area (Å²) in [6.45, 7) is 3.11. The van der Waals surface area contributed by atoms with Gasteiger partial charge in [-0.1, -0.05) is 6.07 Å². The second-order valence-electron chi connectivity index (χ2n) is 6.30. The van der Waals surface area contributed by atoms with Crippen LogP contribution in [0.3, 0.4) is 0 Å². The number of aryl methyl sites for hydroxylation is 1. The quantitative estimate of drug-likeness (QED) is 0.855. The van der Waals surface area contributed by atoms with Gasteiger partial charge in [0.1, 0.15) is 6.04 Å². The van der Waals surface area contributed by atoms with E-state index in [1.165, 1.54) is 6.07 Å². The molecular weight excluding hydrogens is 302 g/mol. The van der Waals surface area contributed by atoms with Gasteiger partial charge in [-0.25, -0.2) is 8.78 Å². The lowest BCUT2D eigenvalue weighted by Gasteiger charge is -2.41. The van der Waals surface area contributed by atoms with E-state index in [0.29, 0.717) is 18.5 Å². The van der Waals surface area contributed by atoms with Crippen molar-refractivity contribution in [3.05, 3.63) is 35.4 Å². The molecule has 2 amide bonds. The van der Waals surface area contributed by atoms with Crippen LogP contribution in [0, 0.1) is 11.6 Å². The maximum atomic E-state index is 13.2. The van der Waals surface area contributed by atoms with Crippen LogP contribution in [0.15, 0.2) is 18.2 Å². The van der Waals surface area contributed by atoms with Gasteiger partial charge in [-0.15, -0.1) is 0 Å². The number of hydrogen-bond acceptors (Lipinski definition) is 2. The molecule has 2 aliphatic heterocycles. The van der Waals surface area contributed by atoms with Crippen molar-refractivity contribution in [1.82, 2.24) is 9.80 Å². The van der Waals surface area contributed by atoms with Gasteiger partial charge < -0.3 is 9.80 Å². The number of carbonyl (C=O) groups is 2. The van der Waals surface area contributed by atoms with Gasteiger partial charge in [-0.05, 0) is 43.9 Å². The van der Waals surface area contributed by atoms with Crippen LogP contribution in [0.5, 0.6) is 0 Å². The van der Waals surface area contributed by atoms with Crippen molar-refractivity contribution >= 4 is 11.8 Å². The fourth-order valence-electron chi connectivity index (χ4n) is 3.48. The van der Waals surface area contributed by atoms with Crippen molar-refractivity contribution in [2.75, 3.05) is 13.1 Å². The molecule has 4 nitrogen and oxygen atoms in total. The van der Waals surface area contributed by atoms with Crippen molar-refractivity contribution in [3.8, 4) is 0 Å². The topological polar surface area (TPSA) is 40.6 Å². The van der Waals surface area contributed by atoms with Crippen LogP contribution in [0.1, 0.15) is 31.7 Å². The van der Waals surface area contributed by atoms with Crippen LogP contribution in [-0.4, -0.2) is 46.8 Å². The normalized spacial score (nSPS) is 24.0. The van der Waals surface area contributed by atoms with E-state index in [2.05, 4.69) is 0 Å². The summed E-state index contributed by atoms with van der Waals surface area (Å²) in [6.07, 6.45) is 2.45. The van der Waals surface area contributed by atoms with E-state index in [1.54, 1.807) is 11.8 Å². The van der Waals surface area contributed by atoms with E-state index in [9.17, 15) is 18.4 Å². The molecule has 23 heavy (non-hydrogen) atoms. The zero-order chi connectivity index (χ0) is 16.6. The number of benzene rings is 1. The van der Waals surface area contributed by atoms with Crippen LogP contribution in [0.4, 0.5) is 8.78 Å². The zero-order valence-corrected chi connectivity index (χ0v) is 13.1. The third-order valence-corrected chi connectivity index (χ3v) is 4.82. The molecule has 0 saturated carbocycles. The molecule has 0 spiro atoms. The first-order valence-corrected chi connectivity index (χ1v) is 8.01. The molecule has 2 fully saturated rings. The molecule has 2 atom stereocenters. The highest BCUT2D eigenvalue weighted by atomic mass is 19.2. The lowest BCUT2D eigenvalue weighted by atomic mass is 10.0. The van der Waals surface area contributed by atoms with Crippen LogP contribution in [0.2, 0.25) is 0 Å². The Kier molecular flexibility index (Phi) is 4.33. The Morgan fingerprint density at radius 2 is 2.09 bits per heavy atom. The van der Waals surface area contributed by atoms with E-state index in [1.807, 2.05) is 4.90 Å². The summed E-state index contributed by atoms with van der Waals surface area (Å²) in [5.41, 5.74) is 0.579. The Morgan fingerprint density at radius 3 is 2.83 bits per heavy atom. The molecule has 3 rings (SSSR count). The number of fused-ring (bicyclic) bond motifs is 1. The lowest BCUT2D eigenvalue weighted by Crippen LogP contribution is -2.60. The van der Waals surface area contributed by atoms with Gasteiger partial charge in [0.25, 0.3) is 0 Å². The smallest absolute Gasteiger partial charge is 0.245 e. The van der Waals surface area contributed by atoms with Gasteiger partial charge in [0, 0.05) is 25.6 Å². The zero-order valence-electron chi connectivity index (χ0n) is 13.1. The maximum absolute atomic E-state index is 13.2. The molecule has 2 heterocycles. The van der Waals surface area contributed by atoms with Crippen molar-refractivity contribution in [2.24, 2.45) is 0 Å². The summed E-state index contributed by atoms with van der Waals surface area (Å²) >= 11 is 0. The van der Waals surface area contributed by atoms with Crippen LogP contribution in [-0.2, 0) is 16.0 Å². The number of nitrogens with zero attached hydrogens (tertiary/aromatic N) is 2. The van der Waals surface area contributed by atoms with E-state index in [-0.39, 0.29) is 24.3 Å². The molecule has 0 unspecified atom stereocenters. The minimum absolute atomic E-state index is 0.0138. The molecular formula is C17H20F2N2O2. The summed E-state index contributed by atoms with van der Waals surface area (Å²) in [4.78, 5) is 28.3. The molecule has 1 aromatic rings. The van der Waals surface area contributed by atoms with Crippen molar-refractivity contribution in [2.45, 2.75) is 44.7 Å². The predicted octanol–water partition coefficient (Wildman–Crippen LogP) is 2.12. The number of carbonyl (C=O) groups excluding carboxylic acids is 2. The van der Waals surface area contributed by atoms with E-state index in [4.69, 9.17) is 0 Å². The second kappa shape index (κ2) is 6.26. The second-order valence-corrected chi connectivity index (χ2v) is 6.30. The summed E-state index contributed by atoms with van der Waals surface area (Å²) in [7, 11) is 0. The number of amides is 2. The van der Waals surface area contributed by atoms with Gasteiger partial charge in [0.15, 0.2) is 11.6 Å². The molecule has 0 N–H and O–H groups in total. The van der Waals surface area contributed by atoms with Crippen molar-refractivity contribution in [1.29, 1.82) is 0 Å². The molecule has 0 aliphatic carbocycles. The Morgan fingerprint density at radius 1 is 1.30 bits per heavy atom. The first kappa shape index (κ1) is 15.9.